The van der Waals surface area contributed by atoms with E-state index in [0.29, 0.717) is 12.3 Å². The van der Waals surface area contributed by atoms with Crippen molar-refractivity contribution >= 4 is 11.8 Å². The van der Waals surface area contributed by atoms with E-state index in [0.717, 1.165) is 11.1 Å². The fourth-order valence-electron chi connectivity index (χ4n) is 2.63. The highest BCUT2D eigenvalue weighted by molar-refractivity contribution is 5.88. The maximum Gasteiger partial charge on any atom is 0.261 e. The number of carbonyl (C=O) groups is 2. The first-order valence-corrected chi connectivity index (χ1v) is 9.20. The molecule has 27 heavy (non-hydrogen) atoms. The number of aryl methyl sites for hydroxylation is 1. The highest BCUT2D eigenvalue weighted by Crippen LogP contribution is 2.14. The van der Waals surface area contributed by atoms with Gasteiger partial charge in [0.2, 0.25) is 5.91 Å². The Bertz CT molecular complexity index is 742. The van der Waals surface area contributed by atoms with Crippen LogP contribution in [0.5, 0.6) is 5.75 Å². The smallest absolute Gasteiger partial charge is 0.261 e. The lowest BCUT2D eigenvalue weighted by Gasteiger charge is -2.29. The summed E-state index contributed by atoms with van der Waals surface area (Å²) in [7, 11) is 0. The second-order valence-electron chi connectivity index (χ2n) is 6.95. The van der Waals surface area contributed by atoms with E-state index in [1.54, 1.807) is 11.8 Å². The van der Waals surface area contributed by atoms with Crippen LogP contribution in [0, 0.1) is 6.92 Å². The van der Waals surface area contributed by atoms with Gasteiger partial charge in [-0.15, -0.1) is 0 Å². The first-order chi connectivity index (χ1) is 12.9. The van der Waals surface area contributed by atoms with Crippen molar-refractivity contribution < 1.29 is 14.3 Å². The molecular formula is C22H28N2O3. The van der Waals surface area contributed by atoms with Gasteiger partial charge in [0.05, 0.1) is 0 Å². The lowest BCUT2D eigenvalue weighted by atomic mass is 10.1. The highest BCUT2D eigenvalue weighted by atomic mass is 16.5. The Balaban J connectivity index is 2.10. The molecule has 0 saturated heterocycles. The summed E-state index contributed by atoms with van der Waals surface area (Å²) in [5, 5.41) is 2.87. The molecule has 5 nitrogen and oxygen atoms in total. The summed E-state index contributed by atoms with van der Waals surface area (Å²) >= 11 is 0. The van der Waals surface area contributed by atoms with Gasteiger partial charge in [0.25, 0.3) is 5.91 Å². The van der Waals surface area contributed by atoms with Crippen molar-refractivity contribution in [2.24, 2.45) is 0 Å². The number of hydrogen-bond donors (Lipinski definition) is 1. The molecule has 0 aliphatic heterocycles. The number of ether oxygens (including phenoxy) is 1. The summed E-state index contributed by atoms with van der Waals surface area (Å²) < 4.78 is 5.63. The van der Waals surface area contributed by atoms with Gasteiger partial charge in [-0.1, -0.05) is 48.0 Å². The molecule has 2 amide bonds. The van der Waals surface area contributed by atoms with Crippen molar-refractivity contribution in [1.29, 1.82) is 0 Å². The Morgan fingerprint density at radius 2 is 1.63 bits per heavy atom. The monoisotopic (exact) mass is 368 g/mol. The molecule has 144 valence electrons. The fraction of sp³-hybridized carbons (Fsp3) is 0.364. The van der Waals surface area contributed by atoms with E-state index in [9.17, 15) is 9.59 Å². The van der Waals surface area contributed by atoms with Gasteiger partial charge in [-0.2, -0.15) is 0 Å². The lowest BCUT2D eigenvalue weighted by Crippen LogP contribution is -2.50. The van der Waals surface area contributed by atoms with Gasteiger partial charge in [0.1, 0.15) is 11.8 Å². The number of rotatable bonds is 8. The van der Waals surface area contributed by atoms with Crippen molar-refractivity contribution in [1.82, 2.24) is 10.2 Å². The molecule has 0 unspecified atom stereocenters. The Morgan fingerprint density at radius 1 is 1.00 bits per heavy atom. The molecule has 0 fully saturated rings. The topological polar surface area (TPSA) is 58.6 Å². The molecule has 0 aromatic heterocycles. The standard InChI is InChI=1S/C22H28N2O3/c1-16(2)23-22(26)18(4)24(14-19-8-6-5-7-9-19)21(25)15-27-20-12-10-17(3)11-13-20/h5-13,16,18H,14-15H2,1-4H3,(H,23,26)/t18-/m0/s1. The maximum absolute atomic E-state index is 12.8. The molecule has 0 saturated carbocycles. The van der Waals surface area contributed by atoms with Crippen molar-refractivity contribution in [2.75, 3.05) is 6.61 Å². The van der Waals surface area contributed by atoms with E-state index in [1.807, 2.05) is 75.4 Å². The molecule has 1 atom stereocenters. The molecular weight excluding hydrogens is 340 g/mol. The first-order valence-electron chi connectivity index (χ1n) is 9.20. The van der Waals surface area contributed by atoms with Gasteiger partial charge in [-0.25, -0.2) is 0 Å². The molecule has 1 N–H and O–H groups in total. The quantitative estimate of drug-likeness (QED) is 0.778. The molecule has 2 aromatic rings. The van der Waals surface area contributed by atoms with Crippen LogP contribution in [-0.2, 0) is 16.1 Å². The number of benzene rings is 2. The zero-order chi connectivity index (χ0) is 19.8. The van der Waals surface area contributed by atoms with E-state index in [-0.39, 0.29) is 24.5 Å². The van der Waals surface area contributed by atoms with Gasteiger partial charge in [0, 0.05) is 12.6 Å². The van der Waals surface area contributed by atoms with Crippen LogP contribution in [0.1, 0.15) is 31.9 Å². The molecule has 2 aromatic carbocycles. The summed E-state index contributed by atoms with van der Waals surface area (Å²) in [5.41, 5.74) is 2.09. The van der Waals surface area contributed by atoms with Gasteiger partial charge < -0.3 is 15.0 Å². The van der Waals surface area contributed by atoms with Gasteiger partial charge in [-0.3, -0.25) is 9.59 Å². The Kier molecular flexibility index (Phi) is 7.41. The lowest BCUT2D eigenvalue weighted by molar-refractivity contribution is -0.142. The van der Waals surface area contributed by atoms with Crippen LogP contribution in [0.25, 0.3) is 0 Å². The molecule has 0 aliphatic carbocycles. The number of nitrogens with zero attached hydrogens (tertiary/aromatic N) is 1. The average Bonchev–Trinajstić information content (AvgIpc) is 2.65. The van der Waals surface area contributed by atoms with Crippen LogP contribution in [0.4, 0.5) is 0 Å². The van der Waals surface area contributed by atoms with Gasteiger partial charge >= 0.3 is 0 Å². The van der Waals surface area contributed by atoms with Crippen LogP contribution in [0.3, 0.4) is 0 Å². The van der Waals surface area contributed by atoms with Gasteiger partial charge in [-0.05, 0) is 45.4 Å². The van der Waals surface area contributed by atoms with Crippen LogP contribution in [-0.4, -0.2) is 35.4 Å². The first kappa shape index (κ1) is 20.5. The Morgan fingerprint density at radius 3 is 2.22 bits per heavy atom. The third-order valence-corrected chi connectivity index (χ3v) is 4.18. The third-order valence-electron chi connectivity index (χ3n) is 4.18. The van der Waals surface area contributed by atoms with E-state index in [1.165, 1.54) is 0 Å². The van der Waals surface area contributed by atoms with Crippen molar-refractivity contribution in [3.63, 3.8) is 0 Å². The number of nitrogens with one attached hydrogen (secondary N) is 1. The summed E-state index contributed by atoms with van der Waals surface area (Å²) in [4.78, 5) is 26.9. The van der Waals surface area contributed by atoms with E-state index >= 15 is 0 Å². The third kappa shape index (κ3) is 6.44. The number of carbonyl (C=O) groups excluding carboxylic acids is 2. The minimum Gasteiger partial charge on any atom is -0.484 e. The van der Waals surface area contributed by atoms with E-state index in [4.69, 9.17) is 4.74 Å². The highest BCUT2D eigenvalue weighted by Gasteiger charge is 2.26. The predicted octanol–water partition coefficient (Wildman–Crippen LogP) is 3.32. The van der Waals surface area contributed by atoms with Crippen LogP contribution >= 0.6 is 0 Å². The van der Waals surface area contributed by atoms with Gasteiger partial charge in [0.15, 0.2) is 6.61 Å². The molecule has 2 rings (SSSR count). The molecule has 0 bridgehead atoms. The minimum absolute atomic E-state index is 0.0115. The fourth-order valence-corrected chi connectivity index (χ4v) is 2.63. The normalized spacial score (nSPS) is 11.7. The van der Waals surface area contributed by atoms with Crippen molar-refractivity contribution in [3.8, 4) is 5.75 Å². The summed E-state index contributed by atoms with van der Waals surface area (Å²) in [5.74, 6) is 0.225. The van der Waals surface area contributed by atoms with E-state index in [2.05, 4.69) is 5.32 Å². The number of amides is 2. The summed E-state index contributed by atoms with van der Waals surface area (Å²) in [6, 6.07) is 16.6. The van der Waals surface area contributed by atoms with Crippen LogP contribution < -0.4 is 10.1 Å². The molecule has 0 heterocycles. The zero-order valence-corrected chi connectivity index (χ0v) is 16.4. The summed E-state index contributed by atoms with van der Waals surface area (Å²) in [6.45, 7) is 7.76. The predicted molar refractivity (Wildman–Crippen MR) is 106 cm³/mol. The van der Waals surface area contributed by atoms with Crippen LogP contribution in [0.2, 0.25) is 0 Å². The second kappa shape index (κ2) is 9.76. The summed E-state index contributed by atoms with van der Waals surface area (Å²) in [6.07, 6.45) is 0. The minimum atomic E-state index is -0.596. The maximum atomic E-state index is 12.8. The van der Waals surface area contributed by atoms with Crippen molar-refractivity contribution in [3.05, 3.63) is 65.7 Å². The van der Waals surface area contributed by atoms with Crippen molar-refractivity contribution in [2.45, 2.75) is 46.3 Å². The molecule has 0 spiro atoms. The van der Waals surface area contributed by atoms with Crippen LogP contribution in [0.15, 0.2) is 54.6 Å². The largest absolute Gasteiger partial charge is 0.484 e. The number of hydrogen-bond acceptors (Lipinski definition) is 3. The van der Waals surface area contributed by atoms with E-state index < -0.39 is 6.04 Å². The molecule has 0 radical (unpaired) electrons. The molecule has 5 heteroatoms. The Labute approximate surface area is 161 Å². The SMILES string of the molecule is Cc1ccc(OCC(=O)N(Cc2ccccc2)[C@@H](C)C(=O)NC(C)C)cc1. The second-order valence-corrected chi connectivity index (χ2v) is 6.95. The molecule has 0 aliphatic rings. The average molecular weight is 368 g/mol. The Hall–Kier alpha value is -2.82. The zero-order valence-electron chi connectivity index (χ0n) is 16.4.